The number of halogens is 1. The zero-order valence-electron chi connectivity index (χ0n) is 5.80. The Morgan fingerprint density at radius 2 is 2.20 bits per heavy atom. The molecule has 0 bridgehead atoms. The molecular formula is C7H10BrNO. The summed E-state index contributed by atoms with van der Waals surface area (Å²) in [6.45, 7) is 5.45. The molecule has 0 atom stereocenters. The van der Waals surface area contributed by atoms with E-state index in [2.05, 4.69) is 22.5 Å². The van der Waals surface area contributed by atoms with Crippen LogP contribution in [0.4, 0.5) is 0 Å². The van der Waals surface area contributed by atoms with Gasteiger partial charge in [0.1, 0.15) is 0 Å². The Morgan fingerprint density at radius 3 is 2.60 bits per heavy atom. The van der Waals surface area contributed by atoms with Crippen molar-refractivity contribution in [3.05, 3.63) is 40.2 Å². The highest BCUT2D eigenvalue weighted by molar-refractivity contribution is 9.11. The summed E-state index contributed by atoms with van der Waals surface area (Å²) in [5, 5.41) is 9.92. The van der Waals surface area contributed by atoms with E-state index in [1.54, 1.807) is 6.08 Å². The molecule has 2 N–H and O–H groups in total. The van der Waals surface area contributed by atoms with Crippen LogP contribution in [0.25, 0.3) is 0 Å². The van der Waals surface area contributed by atoms with Gasteiger partial charge in [0.15, 0.2) is 0 Å². The first kappa shape index (κ1) is 9.62. The quantitative estimate of drug-likeness (QED) is 0.548. The SMILES string of the molecule is C=C(Br)C=CC(C)=C[NH2+][O-]. The first-order valence-electron chi connectivity index (χ1n) is 2.81. The summed E-state index contributed by atoms with van der Waals surface area (Å²) in [5.41, 5.74) is 1.67. The lowest BCUT2D eigenvalue weighted by Crippen LogP contribution is -2.70. The van der Waals surface area contributed by atoms with E-state index in [0.717, 1.165) is 15.5 Å². The lowest BCUT2D eigenvalue weighted by Gasteiger charge is -1.92. The molecule has 0 radical (unpaired) electrons. The van der Waals surface area contributed by atoms with Crippen LogP contribution in [-0.2, 0) is 0 Å². The van der Waals surface area contributed by atoms with Crippen LogP contribution < -0.4 is 5.48 Å². The van der Waals surface area contributed by atoms with Gasteiger partial charge in [-0.15, -0.1) is 0 Å². The molecule has 0 fully saturated rings. The average molecular weight is 204 g/mol. The number of rotatable bonds is 3. The maximum atomic E-state index is 9.92. The number of hydrogen-bond donors (Lipinski definition) is 1. The molecule has 2 nitrogen and oxygen atoms in total. The number of hydroxylamine groups is 1. The predicted molar refractivity (Wildman–Crippen MR) is 46.3 cm³/mol. The van der Waals surface area contributed by atoms with Gasteiger partial charge in [0.05, 0.1) is 6.20 Å². The highest BCUT2D eigenvalue weighted by Crippen LogP contribution is 2.03. The first-order chi connectivity index (χ1) is 4.66. The number of quaternary nitrogens is 1. The Labute approximate surface area is 69.0 Å². The third-order valence-corrected chi connectivity index (χ3v) is 1.12. The molecule has 0 aromatic carbocycles. The van der Waals surface area contributed by atoms with Crippen molar-refractivity contribution in [1.82, 2.24) is 0 Å². The van der Waals surface area contributed by atoms with Crippen molar-refractivity contribution in [2.45, 2.75) is 6.92 Å². The summed E-state index contributed by atoms with van der Waals surface area (Å²) in [6.07, 6.45) is 5.09. The second-order valence-electron chi connectivity index (χ2n) is 1.83. The van der Waals surface area contributed by atoms with Crippen LogP contribution in [-0.4, -0.2) is 0 Å². The van der Waals surface area contributed by atoms with Crippen molar-refractivity contribution >= 4 is 15.9 Å². The van der Waals surface area contributed by atoms with Crippen LogP contribution in [0.3, 0.4) is 0 Å². The van der Waals surface area contributed by atoms with Crippen LogP contribution in [0.5, 0.6) is 0 Å². The van der Waals surface area contributed by atoms with Gasteiger partial charge in [-0.2, -0.15) is 0 Å². The monoisotopic (exact) mass is 203 g/mol. The largest absolute Gasteiger partial charge is 0.631 e. The molecule has 0 rings (SSSR count). The summed E-state index contributed by atoms with van der Waals surface area (Å²) in [5.74, 6) is 0. The molecule has 0 aliphatic rings. The van der Waals surface area contributed by atoms with Gasteiger partial charge in [0, 0.05) is 10.1 Å². The third-order valence-electron chi connectivity index (χ3n) is 0.858. The van der Waals surface area contributed by atoms with Crippen LogP contribution in [0.2, 0.25) is 0 Å². The lowest BCUT2D eigenvalue weighted by atomic mass is 10.3. The van der Waals surface area contributed by atoms with E-state index in [9.17, 15) is 5.21 Å². The Kier molecular flexibility index (Phi) is 5.20. The fourth-order valence-corrected chi connectivity index (χ4v) is 0.517. The molecular weight excluding hydrogens is 194 g/mol. The molecule has 0 aromatic rings. The molecule has 0 unspecified atom stereocenters. The Morgan fingerprint density at radius 1 is 1.60 bits per heavy atom. The maximum absolute atomic E-state index is 9.92. The van der Waals surface area contributed by atoms with Crippen LogP contribution in [0, 0.1) is 5.21 Å². The molecule has 0 aliphatic heterocycles. The smallest absolute Gasteiger partial charge is 0.0955 e. The third kappa shape index (κ3) is 5.75. The molecule has 0 aliphatic carbocycles. The van der Waals surface area contributed by atoms with Crippen molar-refractivity contribution in [3.63, 3.8) is 0 Å². The zero-order chi connectivity index (χ0) is 7.98. The van der Waals surface area contributed by atoms with E-state index in [4.69, 9.17) is 0 Å². The van der Waals surface area contributed by atoms with Gasteiger partial charge in [-0.05, 0) is 13.0 Å². The molecule has 0 spiro atoms. The standard InChI is InChI=1S/C7H10BrNO/c1-6(5-9-10)3-4-7(2)8/h3-5H,2,9H2,1H3. The highest BCUT2D eigenvalue weighted by Gasteiger charge is 1.80. The van der Waals surface area contributed by atoms with E-state index in [0.29, 0.717) is 0 Å². The lowest BCUT2D eigenvalue weighted by molar-refractivity contribution is -0.515. The number of nitrogens with two attached hydrogens (primary N) is 1. The minimum Gasteiger partial charge on any atom is -0.631 e. The summed E-state index contributed by atoms with van der Waals surface area (Å²) >= 11 is 3.16. The summed E-state index contributed by atoms with van der Waals surface area (Å²) in [7, 11) is 0. The normalized spacial score (nSPS) is 12.5. The molecule has 0 aromatic heterocycles. The minimum atomic E-state index is 0.761. The molecule has 10 heavy (non-hydrogen) atoms. The molecule has 0 saturated carbocycles. The van der Waals surface area contributed by atoms with E-state index in [-0.39, 0.29) is 0 Å². The van der Waals surface area contributed by atoms with Gasteiger partial charge in [-0.1, -0.05) is 28.6 Å². The van der Waals surface area contributed by atoms with Gasteiger partial charge in [0.2, 0.25) is 0 Å². The molecule has 0 amide bonds. The summed E-state index contributed by atoms with van der Waals surface area (Å²) < 4.78 is 0.797. The Bertz CT molecular complexity index is 172. The fraction of sp³-hybridized carbons (Fsp3) is 0.143. The van der Waals surface area contributed by atoms with Crippen LogP contribution in [0.15, 0.2) is 35.0 Å². The van der Waals surface area contributed by atoms with E-state index >= 15 is 0 Å². The van der Waals surface area contributed by atoms with Crippen molar-refractivity contribution in [2.75, 3.05) is 0 Å². The average Bonchev–Trinajstić information content (AvgIpc) is 1.85. The van der Waals surface area contributed by atoms with Gasteiger partial charge < -0.3 is 10.7 Å². The molecule has 56 valence electrons. The first-order valence-corrected chi connectivity index (χ1v) is 3.60. The van der Waals surface area contributed by atoms with Gasteiger partial charge in [-0.25, -0.2) is 0 Å². The van der Waals surface area contributed by atoms with Gasteiger partial charge in [0.25, 0.3) is 0 Å². The van der Waals surface area contributed by atoms with Crippen molar-refractivity contribution in [3.8, 4) is 0 Å². The topological polar surface area (TPSA) is 39.7 Å². The minimum absolute atomic E-state index is 0.761. The van der Waals surface area contributed by atoms with E-state index in [1.165, 1.54) is 6.20 Å². The second kappa shape index (κ2) is 5.41. The summed E-state index contributed by atoms with van der Waals surface area (Å²) in [4.78, 5) is 0. The Balaban J connectivity index is 3.89. The van der Waals surface area contributed by atoms with Gasteiger partial charge in [-0.3, -0.25) is 0 Å². The molecule has 3 heteroatoms. The van der Waals surface area contributed by atoms with E-state index < -0.39 is 0 Å². The second-order valence-corrected chi connectivity index (χ2v) is 2.85. The van der Waals surface area contributed by atoms with Crippen molar-refractivity contribution < 1.29 is 5.48 Å². The number of allylic oxidation sites excluding steroid dienone is 4. The number of hydrogen-bond acceptors (Lipinski definition) is 1. The molecule has 0 saturated heterocycles. The molecule has 0 heterocycles. The van der Waals surface area contributed by atoms with E-state index in [1.807, 2.05) is 13.0 Å². The Hall–Kier alpha value is -0.380. The fourth-order valence-electron chi connectivity index (χ4n) is 0.385. The zero-order valence-corrected chi connectivity index (χ0v) is 7.39. The van der Waals surface area contributed by atoms with Crippen LogP contribution in [0.1, 0.15) is 6.92 Å². The van der Waals surface area contributed by atoms with Crippen LogP contribution >= 0.6 is 15.9 Å². The summed E-state index contributed by atoms with van der Waals surface area (Å²) in [6, 6.07) is 0. The highest BCUT2D eigenvalue weighted by atomic mass is 79.9. The van der Waals surface area contributed by atoms with Gasteiger partial charge >= 0.3 is 0 Å². The maximum Gasteiger partial charge on any atom is 0.0955 e. The van der Waals surface area contributed by atoms with Crippen molar-refractivity contribution in [2.24, 2.45) is 0 Å². The van der Waals surface area contributed by atoms with Crippen molar-refractivity contribution in [1.29, 1.82) is 0 Å². The predicted octanol–water partition coefficient (Wildman–Crippen LogP) is 1.42.